The van der Waals surface area contributed by atoms with E-state index in [2.05, 4.69) is 0 Å². The van der Waals surface area contributed by atoms with Crippen LogP contribution in [0.25, 0.3) is 0 Å². The Morgan fingerprint density at radius 1 is 0.737 bits per heavy atom. The molecule has 0 radical (unpaired) electrons. The first-order valence-corrected chi connectivity index (χ1v) is 5.39. The van der Waals surface area contributed by atoms with Crippen LogP contribution in [-0.2, 0) is 0 Å². The molecule has 0 fully saturated rings. The van der Waals surface area contributed by atoms with Gasteiger partial charge in [0.2, 0.25) is 11.6 Å². The van der Waals surface area contributed by atoms with Gasteiger partial charge in [0.05, 0.1) is 0 Å². The van der Waals surface area contributed by atoms with E-state index in [1.807, 2.05) is 0 Å². The van der Waals surface area contributed by atoms with Crippen LogP contribution in [0.4, 0.5) is 0 Å². The quantitative estimate of drug-likeness (QED) is 0.444. The summed E-state index contributed by atoms with van der Waals surface area (Å²) in [6.07, 6.45) is 0. The lowest BCUT2D eigenvalue weighted by Crippen LogP contribution is -2.14. The van der Waals surface area contributed by atoms with Crippen LogP contribution in [0.5, 0.6) is 17.2 Å². The van der Waals surface area contributed by atoms with Gasteiger partial charge in [-0.1, -0.05) is 30.3 Å². The van der Waals surface area contributed by atoms with Crippen molar-refractivity contribution in [2.24, 2.45) is 0 Å². The van der Waals surface area contributed by atoms with Crippen LogP contribution in [0.2, 0.25) is 0 Å². The van der Waals surface area contributed by atoms with Crippen LogP contribution in [0.15, 0.2) is 42.5 Å². The van der Waals surface area contributed by atoms with E-state index in [4.69, 9.17) is 0 Å². The molecule has 0 atom stereocenters. The standard InChI is InChI=1S/C14H10O5/c15-10-6-9(7-11(16)14(10)19)13(18)12(17)8-4-2-1-3-5-8/h1-7,15-16,19H. The molecule has 5 nitrogen and oxygen atoms in total. The molecule has 5 heteroatoms. The minimum Gasteiger partial charge on any atom is -0.504 e. The zero-order chi connectivity index (χ0) is 14.0. The van der Waals surface area contributed by atoms with Crippen LogP contribution in [0, 0.1) is 0 Å². The molecular weight excluding hydrogens is 248 g/mol. The molecule has 0 aliphatic heterocycles. The predicted molar refractivity (Wildman–Crippen MR) is 66.5 cm³/mol. The van der Waals surface area contributed by atoms with E-state index < -0.39 is 28.8 Å². The molecule has 0 saturated heterocycles. The van der Waals surface area contributed by atoms with Crippen molar-refractivity contribution in [1.82, 2.24) is 0 Å². The highest BCUT2D eigenvalue weighted by Gasteiger charge is 2.20. The van der Waals surface area contributed by atoms with Crippen molar-refractivity contribution in [3.05, 3.63) is 53.6 Å². The summed E-state index contributed by atoms with van der Waals surface area (Å²) < 4.78 is 0. The van der Waals surface area contributed by atoms with Crippen molar-refractivity contribution in [2.45, 2.75) is 0 Å². The van der Waals surface area contributed by atoms with E-state index in [1.165, 1.54) is 12.1 Å². The van der Waals surface area contributed by atoms with Crippen LogP contribution in [0.1, 0.15) is 20.7 Å². The molecule has 0 aliphatic carbocycles. The molecule has 0 heterocycles. The normalized spacial score (nSPS) is 10.1. The number of hydrogen-bond acceptors (Lipinski definition) is 5. The van der Waals surface area contributed by atoms with Crippen LogP contribution >= 0.6 is 0 Å². The van der Waals surface area contributed by atoms with Gasteiger partial charge in [-0.25, -0.2) is 0 Å². The second-order valence-corrected chi connectivity index (χ2v) is 3.89. The van der Waals surface area contributed by atoms with Gasteiger partial charge in [-0.3, -0.25) is 9.59 Å². The third-order valence-corrected chi connectivity index (χ3v) is 2.57. The summed E-state index contributed by atoms with van der Waals surface area (Å²) >= 11 is 0. The van der Waals surface area contributed by atoms with Gasteiger partial charge in [0, 0.05) is 11.1 Å². The van der Waals surface area contributed by atoms with Gasteiger partial charge in [-0.2, -0.15) is 0 Å². The topological polar surface area (TPSA) is 94.8 Å². The zero-order valence-corrected chi connectivity index (χ0v) is 9.70. The number of ketones is 2. The molecule has 0 bridgehead atoms. The Balaban J connectivity index is 2.38. The lowest BCUT2D eigenvalue weighted by Gasteiger charge is -2.04. The van der Waals surface area contributed by atoms with Crippen molar-refractivity contribution < 1.29 is 24.9 Å². The highest BCUT2D eigenvalue weighted by Crippen LogP contribution is 2.35. The Bertz CT molecular complexity index is 623. The summed E-state index contributed by atoms with van der Waals surface area (Å²) in [7, 11) is 0. The monoisotopic (exact) mass is 258 g/mol. The molecule has 19 heavy (non-hydrogen) atoms. The van der Waals surface area contributed by atoms with Crippen molar-refractivity contribution in [2.75, 3.05) is 0 Å². The maximum atomic E-state index is 11.9. The Hall–Kier alpha value is -2.82. The number of phenols is 3. The summed E-state index contributed by atoms with van der Waals surface area (Å²) in [5.41, 5.74) is 0.0150. The minimum absolute atomic E-state index is 0.193. The number of carbonyl (C=O) groups excluding carboxylic acids is 2. The summed E-state index contributed by atoms with van der Waals surface area (Å²) in [5, 5.41) is 27.8. The van der Waals surface area contributed by atoms with E-state index >= 15 is 0 Å². The third-order valence-electron chi connectivity index (χ3n) is 2.57. The van der Waals surface area contributed by atoms with Crippen LogP contribution in [0.3, 0.4) is 0 Å². The van der Waals surface area contributed by atoms with Crippen molar-refractivity contribution in [1.29, 1.82) is 0 Å². The first-order chi connectivity index (χ1) is 9.00. The molecule has 0 aromatic heterocycles. The lowest BCUT2D eigenvalue weighted by atomic mass is 10.0. The van der Waals surface area contributed by atoms with Gasteiger partial charge in [-0.05, 0) is 12.1 Å². The maximum Gasteiger partial charge on any atom is 0.233 e. The largest absolute Gasteiger partial charge is 0.504 e. The van der Waals surface area contributed by atoms with Gasteiger partial charge < -0.3 is 15.3 Å². The number of hydrogen-bond donors (Lipinski definition) is 3. The van der Waals surface area contributed by atoms with E-state index in [-0.39, 0.29) is 11.1 Å². The first-order valence-electron chi connectivity index (χ1n) is 5.39. The number of carbonyl (C=O) groups is 2. The molecule has 0 spiro atoms. The molecule has 0 unspecified atom stereocenters. The minimum atomic E-state index is -0.878. The first kappa shape index (κ1) is 12.6. The molecule has 3 N–H and O–H groups in total. The molecule has 2 rings (SSSR count). The second kappa shape index (κ2) is 4.81. The van der Waals surface area contributed by atoms with Crippen LogP contribution < -0.4 is 0 Å². The maximum absolute atomic E-state index is 11.9. The Kier molecular flexibility index (Phi) is 3.20. The highest BCUT2D eigenvalue weighted by atomic mass is 16.3. The van der Waals surface area contributed by atoms with Gasteiger partial charge in [-0.15, -0.1) is 0 Å². The predicted octanol–water partition coefficient (Wildman–Crippen LogP) is 1.87. The van der Waals surface area contributed by atoms with Crippen molar-refractivity contribution in [3.8, 4) is 17.2 Å². The molecule has 2 aromatic rings. The van der Waals surface area contributed by atoms with Gasteiger partial charge in [0.25, 0.3) is 0 Å². The third kappa shape index (κ3) is 2.40. The summed E-state index contributed by atoms with van der Waals surface area (Å²) in [5.74, 6) is -3.70. The number of benzene rings is 2. The summed E-state index contributed by atoms with van der Waals surface area (Å²) in [4.78, 5) is 23.8. The Morgan fingerprint density at radius 3 is 1.74 bits per heavy atom. The highest BCUT2D eigenvalue weighted by molar-refractivity contribution is 6.49. The Labute approximate surface area is 108 Å². The average molecular weight is 258 g/mol. The summed E-state index contributed by atoms with van der Waals surface area (Å²) in [6, 6.07) is 9.77. The van der Waals surface area contributed by atoms with E-state index in [0.717, 1.165) is 12.1 Å². The smallest absolute Gasteiger partial charge is 0.233 e. The molecule has 0 amide bonds. The number of rotatable bonds is 3. The second-order valence-electron chi connectivity index (χ2n) is 3.89. The number of aromatic hydroxyl groups is 3. The zero-order valence-electron chi connectivity index (χ0n) is 9.70. The fourth-order valence-electron chi connectivity index (χ4n) is 1.59. The fourth-order valence-corrected chi connectivity index (χ4v) is 1.59. The SMILES string of the molecule is O=C(C(=O)c1cc(O)c(O)c(O)c1)c1ccccc1. The number of phenolic OH excluding ortho intramolecular Hbond substituents is 3. The lowest BCUT2D eigenvalue weighted by molar-refractivity contribution is 0.0816. The number of Topliss-reactive ketones (excluding diaryl/α,β-unsaturated/α-hetero) is 2. The van der Waals surface area contributed by atoms with Gasteiger partial charge in [0.1, 0.15) is 0 Å². The Morgan fingerprint density at radius 2 is 1.21 bits per heavy atom. The molecule has 96 valence electrons. The van der Waals surface area contributed by atoms with Crippen LogP contribution in [-0.4, -0.2) is 26.9 Å². The molecular formula is C14H10O5. The van der Waals surface area contributed by atoms with Gasteiger partial charge >= 0.3 is 0 Å². The van der Waals surface area contributed by atoms with E-state index in [9.17, 15) is 24.9 Å². The summed E-state index contributed by atoms with van der Waals surface area (Å²) in [6.45, 7) is 0. The van der Waals surface area contributed by atoms with E-state index in [1.54, 1.807) is 18.2 Å². The molecule has 2 aromatic carbocycles. The molecule has 0 aliphatic rings. The van der Waals surface area contributed by atoms with Gasteiger partial charge in [0.15, 0.2) is 17.2 Å². The van der Waals surface area contributed by atoms with Crippen molar-refractivity contribution >= 4 is 11.6 Å². The van der Waals surface area contributed by atoms with E-state index in [0.29, 0.717) is 0 Å². The average Bonchev–Trinajstić information content (AvgIpc) is 2.43. The fraction of sp³-hybridized carbons (Fsp3) is 0. The van der Waals surface area contributed by atoms with Crippen molar-refractivity contribution in [3.63, 3.8) is 0 Å². The molecule has 0 saturated carbocycles.